The summed E-state index contributed by atoms with van der Waals surface area (Å²) in [5.74, 6) is -0.332. The summed E-state index contributed by atoms with van der Waals surface area (Å²) in [5, 5.41) is 10.3. The number of alkyl halides is 3. The number of piperidine rings is 1. The van der Waals surface area contributed by atoms with Crippen molar-refractivity contribution < 1.29 is 26.4 Å². The maximum atomic E-state index is 14.2. The molecule has 2 saturated heterocycles. The number of carbonyl (C=O) groups excluding carboxylic acids is 1. The van der Waals surface area contributed by atoms with Crippen LogP contribution in [0.2, 0.25) is 0 Å². The highest BCUT2D eigenvalue weighted by Gasteiger charge is 2.55. The van der Waals surface area contributed by atoms with E-state index in [2.05, 4.69) is 25.7 Å². The molecule has 0 bridgehead atoms. The second-order valence-corrected chi connectivity index (χ2v) is 14.5. The van der Waals surface area contributed by atoms with Crippen LogP contribution in [0, 0.1) is 5.92 Å². The summed E-state index contributed by atoms with van der Waals surface area (Å²) in [5.41, 5.74) is -1.36. The minimum atomic E-state index is -4.70. The monoisotopic (exact) mass is 638 g/mol. The van der Waals surface area contributed by atoms with Crippen molar-refractivity contribution in [1.82, 2.24) is 34.3 Å². The molecule has 3 aliphatic heterocycles. The van der Waals surface area contributed by atoms with Crippen LogP contribution in [0.5, 0.6) is 0 Å². The maximum absolute atomic E-state index is 14.2. The SMILES string of the molecule is CCC12CC(NC)CN1C(=O)c1cc(-c3nc(N[C@H]4CCN(S(=O)(=O)c5cnn(C)c5)C[C@H]4C)ncc3C(F)(F)F)sc12. The molecule has 4 atom stereocenters. The summed E-state index contributed by atoms with van der Waals surface area (Å²) in [6, 6.07) is 1.38. The molecule has 2 N–H and O–H groups in total. The average Bonchev–Trinajstić information content (AvgIpc) is 3.72. The van der Waals surface area contributed by atoms with E-state index in [0.717, 1.165) is 11.1 Å². The summed E-state index contributed by atoms with van der Waals surface area (Å²) in [6.07, 6.45) is 0.573. The normalized spacial score (nSPS) is 26.2. The fraction of sp³-hybridized carbons (Fsp3) is 0.556. The van der Waals surface area contributed by atoms with Crippen molar-refractivity contribution in [1.29, 1.82) is 0 Å². The lowest BCUT2D eigenvalue weighted by atomic mass is 9.91. The number of likely N-dealkylation sites (N-methyl/N-ethyl adjacent to an activating group) is 1. The van der Waals surface area contributed by atoms with Gasteiger partial charge in [-0.15, -0.1) is 11.3 Å². The number of amides is 1. The van der Waals surface area contributed by atoms with Gasteiger partial charge in [-0.3, -0.25) is 9.48 Å². The molecule has 0 aromatic carbocycles. The molecule has 2 fully saturated rings. The summed E-state index contributed by atoms with van der Waals surface area (Å²) in [4.78, 5) is 24.7. The molecule has 0 spiro atoms. The molecule has 3 aromatic heterocycles. The number of carbonyl (C=O) groups is 1. The van der Waals surface area contributed by atoms with Gasteiger partial charge < -0.3 is 15.5 Å². The second kappa shape index (κ2) is 10.5. The Morgan fingerprint density at radius 2 is 2.00 bits per heavy atom. The van der Waals surface area contributed by atoms with Crippen molar-refractivity contribution in [2.24, 2.45) is 13.0 Å². The first-order valence-corrected chi connectivity index (χ1v) is 16.4. The molecule has 16 heteroatoms. The summed E-state index contributed by atoms with van der Waals surface area (Å²) in [6.45, 7) is 4.85. The van der Waals surface area contributed by atoms with E-state index in [-0.39, 0.29) is 58.4 Å². The maximum Gasteiger partial charge on any atom is 0.420 e. The Kier molecular flexibility index (Phi) is 7.34. The molecular weight excluding hydrogens is 605 g/mol. The second-order valence-electron chi connectivity index (χ2n) is 11.5. The quantitative estimate of drug-likeness (QED) is 0.403. The lowest BCUT2D eigenvalue weighted by Gasteiger charge is -2.36. The van der Waals surface area contributed by atoms with E-state index in [1.807, 2.05) is 25.8 Å². The van der Waals surface area contributed by atoms with Gasteiger partial charge >= 0.3 is 6.18 Å². The molecule has 43 heavy (non-hydrogen) atoms. The first-order valence-electron chi connectivity index (χ1n) is 14.1. The number of anilines is 1. The van der Waals surface area contributed by atoms with Crippen LogP contribution in [0.1, 0.15) is 53.9 Å². The number of sulfonamides is 1. The smallest absolute Gasteiger partial charge is 0.351 e. The van der Waals surface area contributed by atoms with Crippen molar-refractivity contribution in [3.05, 3.63) is 40.7 Å². The largest absolute Gasteiger partial charge is 0.420 e. The highest BCUT2D eigenvalue weighted by Crippen LogP contribution is 2.54. The lowest BCUT2D eigenvalue weighted by Crippen LogP contribution is -2.47. The average molecular weight is 639 g/mol. The number of fused-ring (bicyclic) bond motifs is 3. The predicted molar refractivity (Wildman–Crippen MR) is 154 cm³/mol. The number of hydrogen-bond acceptors (Lipinski definition) is 9. The molecule has 6 rings (SSSR count). The number of hydrogen-bond donors (Lipinski definition) is 2. The standard InChI is InChI=1S/C27H33F3N8O3S2/c1-5-26-9-16(31-3)13-38(26)24(39)18-8-21(42-23(18)26)22-19(27(28,29)30)11-32-25(35-22)34-20-6-7-37(12-15(20)2)43(40,41)17-10-33-36(4)14-17/h8,10-11,14-16,20,31H,5-7,9,12-13H2,1-4H3,(H,32,34,35)/t15-,16?,20+,26?/m1/s1. The molecule has 0 saturated carbocycles. The van der Waals surface area contributed by atoms with E-state index >= 15 is 0 Å². The minimum absolute atomic E-state index is 0.0197. The molecule has 3 aliphatic rings. The van der Waals surface area contributed by atoms with E-state index in [9.17, 15) is 26.4 Å². The molecule has 1 amide bonds. The van der Waals surface area contributed by atoms with E-state index in [4.69, 9.17) is 0 Å². The predicted octanol–water partition coefficient (Wildman–Crippen LogP) is 3.52. The van der Waals surface area contributed by atoms with Crippen LogP contribution < -0.4 is 10.6 Å². The number of nitrogens with zero attached hydrogens (tertiary/aromatic N) is 6. The molecule has 2 unspecified atom stereocenters. The Morgan fingerprint density at radius 1 is 1.23 bits per heavy atom. The number of thiophene rings is 1. The Hall–Kier alpha value is -3.08. The van der Waals surface area contributed by atoms with Crippen molar-refractivity contribution in [3.63, 3.8) is 0 Å². The van der Waals surface area contributed by atoms with Gasteiger partial charge in [0.2, 0.25) is 16.0 Å². The van der Waals surface area contributed by atoms with Gasteiger partial charge in [0, 0.05) is 56.0 Å². The van der Waals surface area contributed by atoms with Crippen molar-refractivity contribution >= 4 is 33.2 Å². The fourth-order valence-electron chi connectivity index (χ4n) is 6.55. The Labute approximate surface area is 251 Å². The topological polar surface area (TPSA) is 125 Å². The zero-order chi connectivity index (χ0) is 30.9. The minimum Gasteiger partial charge on any atom is -0.351 e. The summed E-state index contributed by atoms with van der Waals surface area (Å²) >= 11 is 1.19. The summed E-state index contributed by atoms with van der Waals surface area (Å²) in [7, 11) is -0.240. The number of aromatic nitrogens is 4. The molecule has 0 aliphatic carbocycles. The Bertz CT molecular complexity index is 1670. The third-order valence-corrected chi connectivity index (χ3v) is 12.1. The van der Waals surface area contributed by atoms with Crippen molar-refractivity contribution in [3.8, 4) is 10.6 Å². The van der Waals surface area contributed by atoms with Crippen molar-refractivity contribution in [2.75, 3.05) is 32.0 Å². The summed E-state index contributed by atoms with van der Waals surface area (Å²) < 4.78 is 71.5. The number of nitrogens with one attached hydrogen (secondary N) is 2. The number of rotatable bonds is 7. The van der Waals surface area contributed by atoms with Crippen LogP contribution in [0.4, 0.5) is 19.1 Å². The van der Waals surface area contributed by atoms with Gasteiger partial charge in [-0.25, -0.2) is 18.4 Å². The lowest BCUT2D eigenvalue weighted by molar-refractivity contribution is -0.137. The van der Waals surface area contributed by atoms with Crippen molar-refractivity contribution in [2.45, 2.75) is 61.8 Å². The molecular formula is C27H33F3N8O3S2. The van der Waals surface area contributed by atoms with E-state index in [0.29, 0.717) is 31.4 Å². The van der Waals surface area contributed by atoms with Crippen LogP contribution in [0.3, 0.4) is 0 Å². The van der Waals surface area contributed by atoms with E-state index in [1.54, 1.807) is 7.05 Å². The highest BCUT2D eigenvalue weighted by atomic mass is 32.2. The zero-order valence-electron chi connectivity index (χ0n) is 24.1. The number of aryl methyl sites for hydroxylation is 1. The zero-order valence-corrected chi connectivity index (χ0v) is 25.8. The van der Waals surface area contributed by atoms with Gasteiger partial charge in [-0.2, -0.15) is 22.6 Å². The van der Waals surface area contributed by atoms with Crippen LogP contribution in [-0.2, 0) is 28.8 Å². The Balaban J connectivity index is 1.28. The van der Waals surface area contributed by atoms with Gasteiger partial charge in [-0.05, 0) is 38.3 Å². The third kappa shape index (κ3) is 4.91. The molecule has 0 radical (unpaired) electrons. The van der Waals surface area contributed by atoms with Gasteiger partial charge in [0.15, 0.2) is 0 Å². The third-order valence-electron chi connectivity index (χ3n) is 8.96. The molecule has 3 aromatic rings. The first kappa shape index (κ1) is 30.0. The molecule has 232 valence electrons. The molecule has 11 nitrogen and oxygen atoms in total. The van der Waals surface area contributed by atoms with E-state index < -0.39 is 27.3 Å². The molecule has 6 heterocycles. The van der Waals surface area contributed by atoms with Gasteiger partial charge in [0.1, 0.15) is 10.5 Å². The van der Waals surface area contributed by atoms with Crippen LogP contribution in [0.25, 0.3) is 10.6 Å². The fourth-order valence-corrected chi connectivity index (χ4v) is 9.52. The van der Waals surface area contributed by atoms with Crippen LogP contribution >= 0.6 is 11.3 Å². The van der Waals surface area contributed by atoms with Crippen LogP contribution in [-0.4, -0.2) is 82.0 Å². The Morgan fingerprint density at radius 3 is 2.63 bits per heavy atom. The van der Waals surface area contributed by atoms with Gasteiger partial charge in [-0.1, -0.05) is 13.8 Å². The first-order chi connectivity index (χ1) is 20.3. The van der Waals surface area contributed by atoms with Crippen LogP contribution in [0.15, 0.2) is 29.6 Å². The van der Waals surface area contributed by atoms with Gasteiger partial charge in [0.25, 0.3) is 5.91 Å². The van der Waals surface area contributed by atoms with Gasteiger partial charge in [0.05, 0.1) is 27.9 Å². The number of halogens is 3. The van der Waals surface area contributed by atoms with E-state index in [1.165, 1.54) is 38.8 Å². The highest BCUT2D eigenvalue weighted by molar-refractivity contribution is 7.89.